The maximum Gasteiger partial charge on any atom is 0.361 e. The molecule has 322 valence electrons. The summed E-state index contributed by atoms with van der Waals surface area (Å²) in [5, 5.41) is 58.2. The molecule has 12 N–H and O–H groups in total. The van der Waals surface area contributed by atoms with Crippen molar-refractivity contribution in [3.8, 4) is 0 Å². The van der Waals surface area contributed by atoms with E-state index >= 15 is 0 Å². The summed E-state index contributed by atoms with van der Waals surface area (Å²) >= 11 is 0. The molecule has 2 saturated heterocycles. The Balaban J connectivity index is 0.000000225. The lowest BCUT2D eigenvalue weighted by Crippen LogP contribution is -2.52. The Kier molecular flexibility index (Phi) is 12.9. The predicted octanol–water partition coefficient (Wildman–Crippen LogP) is -2.84. The van der Waals surface area contributed by atoms with E-state index in [1.54, 1.807) is 13.8 Å². The fourth-order valence-electron chi connectivity index (χ4n) is 6.13. The van der Waals surface area contributed by atoms with Gasteiger partial charge in [-0.2, -0.15) is 0 Å². The molecule has 0 spiro atoms. The third kappa shape index (κ3) is 8.95. The molecule has 0 aliphatic carbocycles. The monoisotopic (exact) mass is 860 g/mol. The molecule has 0 unspecified atom stereocenters. The summed E-state index contributed by atoms with van der Waals surface area (Å²) in [5.41, 5.74) is 9.29. The Hall–Kier alpha value is -5.42. The van der Waals surface area contributed by atoms with Crippen LogP contribution in [0.25, 0.3) is 22.3 Å². The predicted molar refractivity (Wildman–Crippen MR) is 188 cm³/mol. The normalized spacial score (nSPS) is 25.2. The van der Waals surface area contributed by atoms with Crippen molar-refractivity contribution >= 4 is 65.3 Å². The van der Waals surface area contributed by atoms with Crippen LogP contribution in [0.3, 0.4) is 0 Å². The van der Waals surface area contributed by atoms with Gasteiger partial charge in [0, 0.05) is 0 Å². The van der Waals surface area contributed by atoms with Gasteiger partial charge >= 0.3 is 25.5 Å². The van der Waals surface area contributed by atoms with Gasteiger partial charge in [0.05, 0.1) is 32.3 Å². The van der Waals surface area contributed by atoms with Crippen LogP contribution in [0.5, 0.6) is 0 Å². The third-order valence-electron chi connectivity index (χ3n) is 8.96. The summed E-state index contributed by atoms with van der Waals surface area (Å²) in [6, 6.07) is 0. The van der Waals surface area contributed by atoms with Gasteiger partial charge in [-0.05, 0) is 20.8 Å². The molecule has 9 atom stereocenters. The highest BCUT2D eigenvalue weighted by Gasteiger charge is 2.53. The van der Waals surface area contributed by atoms with Gasteiger partial charge in [0.25, 0.3) is 5.60 Å². The molecule has 2 aliphatic heterocycles. The van der Waals surface area contributed by atoms with Crippen molar-refractivity contribution in [2.75, 3.05) is 24.7 Å². The van der Waals surface area contributed by atoms with Crippen molar-refractivity contribution < 1.29 is 87.5 Å². The molecule has 4 aromatic rings. The van der Waals surface area contributed by atoms with E-state index < -0.39 is 112 Å². The van der Waals surface area contributed by atoms with E-state index in [2.05, 4.69) is 29.9 Å². The molecule has 0 amide bonds. The van der Waals surface area contributed by atoms with Gasteiger partial charge in [0.15, 0.2) is 47.3 Å². The topological polar surface area (TPSA) is 423 Å². The molecule has 4 aromatic heterocycles. The van der Waals surface area contributed by atoms with Crippen LogP contribution in [0, 0.1) is 13.8 Å². The van der Waals surface area contributed by atoms with E-state index in [1.807, 2.05) is 0 Å². The summed E-state index contributed by atoms with van der Waals surface area (Å²) in [6.07, 6.45) is -11.0. The van der Waals surface area contributed by atoms with Crippen LogP contribution in [0.15, 0.2) is 12.7 Å². The number of carbonyl (C=O) groups excluding carboxylic acids is 1. The van der Waals surface area contributed by atoms with Crippen molar-refractivity contribution in [2.45, 2.75) is 87.8 Å². The number of Topliss-reactive ketones (excluding diaryl/α,β-unsaturated/α-hetero) is 1. The zero-order valence-electron chi connectivity index (χ0n) is 30.8. The molecule has 29 heteroatoms. The first-order valence-electron chi connectivity index (χ1n) is 16.9. The zero-order valence-corrected chi connectivity index (χ0v) is 31.7. The molecule has 0 bridgehead atoms. The van der Waals surface area contributed by atoms with Crippen molar-refractivity contribution in [1.82, 2.24) is 39.0 Å². The first kappa shape index (κ1) is 44.7. The highest BCUT2D eigenvalue weighted by molar-refractivity contribution is 7.53. The average Bonchev–Trinajstić information content (AvgIpc) is 3.87. The molecule has 59 heavy (non-hydrogen) atoms. The molecule has 2 aliphatic rings. The van der Waals surface area contributed by atoms with Crippen molar-refractivity contribution in [3.05, 3.63) is 24.3 Å². The second-order valence-electron chi connectivity index (χ2n) is 13.2. The number of carbonyl (C=O) groups is 4. The molecule has 27 nitrogen and oxygen atoms in total. The van der Waals surface area contributed by atoms with Crippen LogP contribution in [0.1, 0.15) is 37.4 Å². The number of aliphatic hydroxyl groups is 3. The highest BCUT2D eigenvalue weighted by atomic mass is 31.2. The maximum atomic E-state index is 14.7. The molecule has 0 saturated carbocycles. The van der Waals surface area contributed by atoms with Gasteiger partial charge < -0.3 is 70.8 Å². The standard InChI is InChI=1S/C16H19N5O10.C14H19FN5O7P/c1-5-19-11(17)8-12(20-5)21(4-18-8)13-10(25)9(24)6(31-13)3-30-16(14(26)27,15(28)29)2-7(22)23;1-5(21)14(28(23,24)25)26-3-7-10(22)8(15)13(27-7)20-4-17-9-11(16)18-6(2)19-12(9)20/h4,6,9-10,13,24-25H,2-3H2,1H3,(H,22,23)(H,26,27)(H,28,29)(H2,17,19,20);4,7-8,10,13-14,22H,3H2,1-2H3,(H2,16,18,19)(H2,23,24,25)/t6-,9-,10-,13-;7-,8+,10-,13-,14+/m11/s1. The maximum absolute atomic E-state index is 14.7. The van der Waals surface area contributed by atoms with E-state index in [-0.39, 0.29) is 34.0 Å². The summed E-state index contributed by atoms with van der Waals surface area (Å²) in [6.45, 7) is 2.65. The first-order chi connectivity index (χ1) is 27.5. The number of ketones is 1. The van der Waals surface area contributed by atoms with E-state index in [1.165, 1.54) is 21.8 Å². The number of hydrogen-bond donors (Lipinski definition) is 10. The number of alkyl halides is 1. The van der Waals surface area contributed by atoms with Crippen molar-refractivity contribution in [3.63, 3.8) is 0 Å². The van der Waals surface area contributed by atoms with E-state index in [0.29, 0.717) is 11.6 Å². The molecular weight excluding hydrogens is 822 g/mol. The number of nitrogen functional groups attached to an aromatic ring is 2. The van der Waals surface area contributed by atoms with Crippen LogP contribution in [-0.4, -0.2) is 165 Å². The van der Waals surface area contributed by atoms with E-state index in [9.17, 15) is 53.7 Å². The number of imidazole rings is 2. The number of aryl methyl sites for hydroxylation is 2. The highest BCUT2D eigenvalue weighted by Crippen LogP contribution is 2.43. The smallest absolute Gasteiger partial charge is 0.361 e. The van der Waals surface area contributed by atoms with Gasteiger partial charge in [-0.25, -0.2) is 43.9 Å². The second-order valence-corrected chi connectivity index (χ2v) is 14.9. The lowest BCUT2D eigenvalue weighted by Gasteiger charge is -2.25. The minimum absolute atomic E-state index is 0.0792. The summed E-state index contributed by atoms with van der Waals surface area (Å²) in [7, 11) is -4.88. The average molecular weight is 861 g/mol. The Labute approximate surface area is 328 Å². The van der Waals surface area contributed by atoms with Crippen LogP contribution in [0.2, 0.25) is 0 Å². The molecule has 0 radical (unpaired) electrons. The number of fused-ring (bicyclic) bond motifs is 2. The Morgan fingerprint density at radius 1 is 0.831 bits per heavy atom. The minimum atomic E-state index is -4.88. The van der Waals surface area contributed by atoms with Crippen LogP contribution in [0.4, 0.5) is 16.0 Å². The number of rotatable bonds is 14. The SMILES string of the molecule is CC(=O)[C@@H](OC[C@H]1O[C@@H](n2cnc3c(N)nc(C)nc32)[C@@H](F)[C@@H]1O)P(=O)(O)O.Cc1nc(N)c2ncn([C@@H]3O[C@H](COC(CC(=O)O)(C(=O)O)C(=O)O)[C@@H](O)[C@H]3O)c2n1. The fourth-order valence-corrected chi connectivity index (χ4v) is 6.88. The molecular formula is C30H38FN10O17P. The lowest BCUT2D eigenvalue weighted by atomic mass is 9.99. The van der Waals surface area contributed by atoms with Gasteiger partial charge in [0.2, 0.25) is 5.85 Å². The van der Waals surface area contributed by atoms with Crippen molar-refractivity contribution in [2.24, 2.45) is 0 Å². The van der Waals surface area contributed by atoms with Crippen LogP contribution in [-0.2, 0) is 42.7 Å². The molecule has 0 aromatic carbocycles. The van der Waals surface area contributed by atoms with Gasteiger partial charge in [0.1, 0.15) is 53.2 Å². The largest absolute Gasteiger partial charge is 0.481 e. The zero-order chi connectivity index (χ0) is 43.9. The lowest BCUT2D eigenvalue weighted by molar-refractivity contribution is -0.194. The Morgan fingerprint density at radius 3 is 1.76 bits per heavy atom. The summed E-state index contributed by atoms with van der Waals surface area (Å²) in [4.78, 5) is 87.9. The van der Waals surface area contributed by atoms with Crippen molar-refractivity contribution in [1.29, 1.82) is 0 Å². The summed E-state index contributed by atoms with van der Waals surface area (Å²) in [5.74, 6) is -7.94. The number of anilines is 2. The number of aliphatic carboxylic acids is 3. The van der Waals surface area contributed by atoms with E-state index in [4.69, 9.17) is 45.3 Å². The Morgan fingerprint density at radius 2 is 1.31 bits per heavy atom. The fraction of sp³-hybridized carbons (Fsp3) is 0.533. The quantitative estimate of drug-likeness (QED) is 0.0451. The van der Waals surface area contributed by atoms with Gasteiger partial charge in [-0.3, -0.25) is 23.3 Å². The molecule has 6 rings (SSSR count). The third-order valence-corrected chi connectivity index (χ3v) is 10.1. The number of aromatic nitrogens is 8. The number of halogens is 1. The second kappa shape index (κ2) is 17.0. The number of carboxylic acids is 3. The number of aliphatic hydroxyl groups excluding tert-OH is 3. The number of hydrogen-bond acceptors (Lipinski definition) is 20. The summed E-state index contributed by atoms with van der Waals surface area (Å²) < 4.78 is 49.3. The molecule has 2 fully saturated rings. The van der Waals surface area contributed by atoms with Gasteiger partial charge in [-0.1, -0.05) is 0 Å². The number of carboxylic acid groups (broad SMARTS) is 3. The Bertz CT molecular complexity index is 2290. The first-order valence-corrected chi connectivity index (χ1v) is 18.6. The van der Waals surface area contributed by atoms with Crippen LogP contribution < -0.4 is 11.5 Å². The number of nitrogens with two attached hydrogens (primary N) is 2. The minimum Gasteiger partial charge on any atom is -0.481 e. The number of ether oxygens (including phenoxy) is 4. The van der Waals surface area contributed by atoms with Crippen LogP contribution >= 0.6 is 7.60 Å². The number of nitrogens with zero attached hydrogens (tertiary/aromatic N) is 8. The molecule has 6 heterocycles. The van der Waals surface area contributed by atoms with Gasteiger partial charge in [-0.15, -0.1) is 0 Å². The van der Waals surface area contributed by atoms with E-state index in [0.717, 1.165) is 6.92 Å².